The standard InChI is InChI=1S/C19H22FN3OS/c1-4-13-11-25-18(21)23-19(13,2)15-9-12(5-6-16(15)20)17-10-14(24-3)7-8-22-17/h5-10,13H,4,11H2,1-3H3,(H2,21,23)/t13-,19-/m0/s1. The second kappa shape index (κ2) is 7.04. The molecule has 1 aliphatic rings. The normalized spacial score (nSPS) is 23.2. The van der Waals surface area contributed by atoms with E-state index < -0.39 is 5.54 Å². The number of benzene rings is 1. The van der Waals surface area contributed by atoms with Crippen LogP contribution in [0.4, 0.5) is 4.39 Å². The van der Waals surface area contributed by atoms with E-state index in [2.05, 4.69) is 16.9 Å². The maximum Gasteiger partial charge on any atom is 0.154 e. The zero-order valence-electron chi connectivity index (χ0n) is 14.6. The average molecular weight is 359 g/mol. The fourth-order valence-electron chi connectivity index (χ4n) is 3.26. The molecule has 1 aromatic carbocycles. The highest BCUT2D eigenvalue weighted by Crippen LogP contribution is 2.43. The summed E-state index contributed by atoms with van der Waals surface area (Å²) in [6.45, 7) is 4.07. The van der Waals surface area contributed by atoms with Crippen LogP contribution in [0.25, 0.3) is 11.3 Å². The van der Waals surface area contributed by atoms with Gasteiger partial charge in [-0.2, -0.15) is 0 Å². The molecule has 0 bridgehead atoms. The van der Waals surface area contributed by atoms with Gasteiger partial charge in [0.15, 0.2) is 5.17 Å². The summed E-state index contributed by atoms with van der Waals surface area (Å²) in [6.07, 6.45) is 2.59. The lowest BCUT2D eigenvalue weighted by Gasteiger charge is -2.38. The fraction of sp³-hybridized carbons (Fsp3) is 0.368. The monoisotopic (exact) mass is 359 g/mol. The molecular weight excluding hydrogens is 337 g/mol. The van der Waals surface area contributed by atoms with Crippen LogP contribution in [0, 0.1) is 11.7 Å². The number of aromatic nitrogens is 1. The molecular formula is C19H22FN3OS. The predicted molar refractivity (Wildman–Crippen MR) is 101 cm³/mol. The molecule has 2 heterocycles. The molecule has 0 saturated carbocycles. The molecule has 0 unspecified atom stereocenters. The van der Waals surface area contributed by atoms with Crippen molar-refractivity contribution in [2.45, 2.75) is 25.8 Å². The number of hydrogen-bond acceptors (Lipinski definition) is 5. The molecule has 0 aliphatic carbocycles. The molecule has 0 radical (unpaired) electrons. The lowest BCUT2D eigenvalue weighted by atomic mass is 9.78. The van der Waals surface area contributed by atoms with Gasteiger partial charge < -0.3 is 10.5 Å². The summed E-state index contributed by atoms with van der Waals surface area (Å²) in [4.78, 5) is 9.02. The van der Waals surface area contributed by atoms with Crippen LogP contribution in [0.2, 0.25) is 0 Å². The Morgan fingerprint density at radius 2 is 2.16 bits per heavy atom. The van der Waals surface area contributed by atoms with Crippen molar-refractivity contribution in [3.05, 3.63) is 47.9 Å². The van der Waals surface area contributed by atoms with Crippen LogP contribution in [0.5, 0.6) is 5.75 Å². The number of rotatable bonds is 4. The second-order valence-electron chi connectivity index (χ2n) is 6.29. The summed E-state index contributed by atoms with van der Waals surface area (Å²) in [5.41, 5.74) is 7.41. The van der Waals surface area contributed by atoms with Gasteiger partial charge in [0.2, 0.25) is 0 Å². The van der Waals surface area contributed by atoms with Crippen LogP contribution in [-0.2, 0) is 5.54 Å². The molecule has 0 saturated heterocycles. The molecule has 2 N–H and O–H groups in total. The predicted octanol–water partition coefficient (Wildman–Crippen LogP) is 4.20. The molecule has 1 aliphatic heterocycles. The summed E-state index contributed by atoms with van der Waals surface area (Å²) in [5, 5.41) is 0.511. The molecule has 0 spiro atoms. The number of hydrogen-bond donors (Lipinski definition) is 1. The third-order valence-electron chi connectivity index (χ3n) is 4.84. The van der Waals surface area contributed by atoms with Gasteiger partial charge in [-0.3, -0.25) is 9.98 Å². The Bertz CT molecular complexity index is 811. The largest absolute Gasteiger partial charge is 0.497 e. The number of amidine groups is 1. The number of nitrogens with zero attached hydrogens (tertiary/aromatic N) is 2. The van der Waals surface area contributed by atoms with Gasteiger partial charge in [0.05, 0.1) is 18.3 Å². The molecule has 25 heavy (non-hydrogen) atoms. The third-order valence-corrected chi connectivity index (χ3v) is 5.79. The second-order valence-corrected chi connectivity index (χ2v) is 7.33. The van der Waals surface area contributed by atoms with Gasteiger partial charge in [-0.1, -0.05) is 18.7 Å². The molecule has 6 heteroatoms. The van der Waals surface area contributed by atoms with Crippen LogP contribution in [-0.4, -0.2) is 23.0 Å². The van der Waals surface area contributed by atoms with Crippen molar-refractivity contribution in [1.82, 2.24) is 4.98 Å². The van der Waals surface area contributed by atoms with Crippen LogP contribution in [0.3, 0.4) is 0 Å². The third kappa shape index (κ3) is 3.35. The van der Waals surface area contributed by atoms with Gasteiger partial charge in [0, 0.05) is 29.1 Å². The summed E-state index contributed by atoms with van der Waals surface area (Å²) in [7, 11) is 1.61. The molecule has 132 valence electrons. The Morgan fingerprint density at radius 3 is 2.88 bits per heavy atom. The minimum Gasteiger partial charge on any atom is -0.497 e. The fourth-order valence-corrected chi connectivity index (χ4v) is 4.45. The highest BCUT2D eigenvalue weighted by molar-refractivity contribution is 8.13. The molecule has 1 aromatic heterocycles. The first-order valence-corrected chi connectivity index (χ1v) is 9.25. The summed E-state index contributed by atoms with van der Waals surface area (Å²) in [5.74, 6) is 1.50. The van der Waals surface area contributed by atoms with Crippen LogP contribution in [0.1, 0.15) is 25.8 Å². The van der Waals surface area contributed by atoms with Gasteiger partial charge in [-0.15, -0.1) is 0 Å². The van der Waals surface area contributed by atoms with E-state index in [1.54, 1.807) is 25.4 Å². The van der Waals surface area contributed by atoms with Crippen LogP contribution >= 0.6 is 11.8 Å². The number of pyridine rings is 1. The lowest BCUT2D eigenvalue weighted by Crippen LogP contribution is -2.38. The Kier molecular flexibility index (Phi) is 4.99. The molecule has 3 rings (SSSR count). The molecule has 2 aromatic rings. The molecule has 0 amide bonds. The topological polar surface area (TPSA) is 60.5 Å². The maximum absolute atomic E-state index is 14.7. The van der Waals surface area contributed by atoms with Gasteiger partial charge in [0.25, 0.3) is 0 Å². The number of nitrogens with two attached hydrogens (primary N) is 1. The smallest absolute Gasteiger partial charge is 0.154 e. The van der Waals surface area contributed by atoms with E-state index in [9.17, 15) is 4.39 Å². The lowest BCUT2D eigenvalue weighted by molar-refractivity contribution is 0.311. The van der Waals surface area contributed by atoms with Gasteiger partial charge in [-0.25, -0.2) is 4.39 Å². The first kappa shape index (κ1) is 17.7. The number of aliphatic imine (C=N–C) groups is 1. The molecule has 0 fully saturated rings. The SMILES string of the molecule is CC[C@H]1CSC(N)=N[C@]1(C)c1cc(-c2cc(OC)ccn2)ccc1F. The van der Waals surface area contributed by atoms with E-state index in [0.717, 1.165) is 23.4 Å². The van der Waals surface area contributed by atoms with Crippen molar-refractivity contribution in [2.75, 3.05) is 12.9 Å². The minimum atomic E-state index is -0.678. The zero-order valence-corrected chi connectivity index (χ0v) is 15.4. The highest BCUT2D eigenvalue weighted by Gasteiger charge is 2.40. The van der Waals surface area contributed by atoms with Crippen molar-refractivity contribution < 1.29 is 9.13 Å². The van der Waals surface area contributed by atoms with E-state index in [1.807, 2.05) is 19.1 Å². The Balaban J connectivity index is 2.12. The Hall–Kier alpha value is -2.08. The van der Waals surface area contributed by atoms with E-state index >= 15 is 0 Å². The molecule has 2 atom stereocenters. The van der Waals surface area contributed by atoms with Crippen molar-refractivity contribution in [3.8, 4) is 17.0 Å². The van der Waals surface area contributed by atoms with Gasteiger partial charge >= 0.3 is 0 Å². The van der Waals surface area contributed by atoms with E-state index in [1.165, 1.54) is 17.8 Å². The van der Waals surface area contributed by atoms with E-state index in [0.29, 0.717) is 16.5 Å². The van der Waals surface area contributed by atoms with Crippen molar-refractivity contribution in [1.29, 1.82) is 0 Å². The summed E-state index contributed by atoms with van der Waals surface area (Å²) in [6, 6.07) is 8.68. The summed E-state index contributed by atoms with van der Waals surface area (Å²) >= 11 is 1.54. The van der Waals surface area contributed by atoms with Crippen LogP contribution < -0.4 is 10.5 Å². The summed E-state index contributed by atoms with van der Waals surface area (Å²) < 4.78 is 20.0. The average Bonchev–Trinajstić information content (AvgIpc) is 2.62. The first-order valence-electron chi connectivity index (χ1n) is 8.26. The van der Waals surface area contributed by atoms with Crippen molar-refractivity contribution in [2.24, 2.45) is 16.6 Å². The Morgan fingerprint density at radius 1 is 1.36 bits per heavy atom. The zero-order chi connectivity index (χ0) is 18.0. The first-order chi connectivity index (χ1) is 12.0. The highest BCUT2D eigenvalue weighted by atomic mass is 32.2. The number of halogens is 1. The van der Waals surface area contributed by atoms with Gasteiger partial charge in [0.1, 0.15) is 11.6 Å². The van der Waals surface area contributed by atoms with Crippen molar-refractivity contribution >= 4 is 16.9 Å². The molecule has 4 nitrogen and oxygen atoms in total. The van der Waals surface area contributed by atoms with Gasteiger partial charge in [-0.05, 0) is 43.5 Å². The maximum atomic E-state index is 14.7. The van der Waals surface area contributed by atoms with E-state index in [4.69, 9.17) is 10.5 Å². The minimum absolute atomic E-state index is 0.216. The van der Waals surface area contributed by atoms with E-state index in [-0.39, 0.29) is 11.7 Å². The number of thioether (sulfide) groups is 1. The quantitative estimate of drug-likeness (QED) is 0.889. The Labute approximate surface area is 151 Å². The van der Waals surface area contributed by atoms with Crippen LogP contribution in [0.15, 0.2) is 41.5 Å². The van der Waals surface area contributed by atoms with Crippen molar-refractivity contribution in [3.63, 3.8) is 0 Å². The number of ether oxygens (including phenoxy) is 1. The number of methoxy groups -OCH3 is 1.